The monoisotopic (exact) mass is 260 g/mol. The van der Waals surface area contributed by atoms with Gasteiger partial charge in [0.1, 0.15) is 0 Å². The molecule has 2 aromatic rings. The summed E-state index contributed by atoms with van der Waals surface area (Å²) in [6.45, 7) is 1.68. The van der Waals surface area contributed by atoms with E-state index < -0.39 is 11.5 Å². The third-order valence-electron chi connectivity index (χ3n) is 2.42. The number of hydrogen-bond acceptors (Lipinski definition) is 5. The normalized spacial score (nSPS) is 10.0. The predicted octanol–water partition coefficient (Wildman–Crippen LogP) is 0.829. The Bertz CT molecular complexity index is 649. The van der Waals surface area contributed by atoms with E-state index in [2.05, 4.69) is 5.10 Å². The summed E-state index contributed by atoms with van der Waals surface area (Å²) in [4.78, 5) is 28.9. The van der Waals surface area contributed by atoms with Crippen LogP contribution in [0.15, 0.2) is 41.2 Å². The summed E-state index contributed by atoms with van der Waals surface area (Å²) in [5.41, 5.74) is 0.359. The fourth-order valence-electron chi connectivity index (χ4n) is 1.49. The molecule has 1 heterocycles. The maximum atomic E-state index is 11.8. The van der Waals surface area contributed by atoms with Gasteiger partial charge in [-0.05, 0) is 23.9 Å². The third-order valence-corrected chi connectivity index (χ3v) is 2.42. The van der Waals surface area contributed by atoms with Crippen molar-refractivity contribution in [3.05, 3.63) is 57.9 Å². The highest BCUT2D eigenvalue weighted by molar-refractivity contribution is 5.89. The van der Waals surface area contributed by atoms with Gasteiger partial charge in [-0.3, -0.25) is 4.79 Å². The van der Waals surface area contributed by atoms with Gasteiger partial charge in [0.2, 0.25) is 5.88 Å². The van der Waals surface area contributed by atoms with Crippen LogP contribution in [0, 0.1) is 6.92 Å². The van der Waals surface area contributed by atoms with Crippen LogP contribution in [-0.2, 0) is 0 Å². The van der Waals surface area contributed by atoms with E-state index in [1.165, 1.54) is 13.2 Å². The molecule has 0 bridgehead atoms. The summed E-state index contributed by atoms with van der Waals surface area (Å²) < 4.78 is 4.97. The molecule has 98 valence electrons. The molecule has 6 nitrogen and oxygen atoms in total. The highest BCUT2D eigenvalue weighted by Crippen LogP contribution is 2.08. The Hall–Kier alpha value is -2.63. The number of aryl methyl sites for hydroxylation is 1. The zero-order valence-corrected chi connectivity index (χ0v) is 10.5. The molecule has 0 aliphatic rings. The highest BCUT2D eigenvalue weighted by Gasteiger charge is 2.12. The number of methoxy groups -OCH3 is 1. The molecule has 0 aliphatic carbocycles. The van der Waals surface area contributed by atoms with Gasteiger partial charge in [-0.2, -0.15) is 0 Å². The Kier molecular flexibility index (Phi) is 3.61. The number of rotatable bonds is 3. The number of carbonyl (C=O) groups excluding carboxylic acids is 1. The van der Waals surface area contributed by atoms with Crippen LogP contribution in [0.2, 0.25) is 0 Å². The predicted molar refractivity (Wildman–Crippen MR) is 67.1 cm³/mol. The fraction of sp³-hybridized carbons (Fsp3) is 0.154. The molecule has 0 saturated heterocycles. The molecular weight excluding hydrogens is 248 g/mol. The maximum Gasteiger partial charge on any atom is 0.365 e. The van der Waals surface area contributed by atoms with Crippen LogP contribution in [0.1, 0.15) is 15.9 Å². The SMILES string of the molecule is COc1nn(OC(=O)c2ccccc2)c(=O)cc1C. The third kappa shape index (κ3) is 2.79. The molecule has 1 aromatic carbocycles. The van der Waals surface area contributed by atoms with Crippen molar-refractivity contribution in [3.63, 3.8) is 0 Å². The van der Waals surface area contributed by atoms with Crippen LogP contribution in [0.3, 0.4) is 0 Å². The van der Waals surface area contributed by atoms with Crippen LogP contribution < -0.4 is 15.1 Å². The Labute approximate surface area is 109 Å². The first-order chi connectivity index (χ1) is 9.11. The van der Waals surface area contributed by atoms with Crippen LogP contribution in [-0.4, -0.2) is 23.0 Å². The average Bonchev–Trinajstić information content (AvgIpc) is 2.42. The zero-order chi connectivity index (χ0) is 13.8. The molecule has 0 amide bonds. The summed E-state index contributed by atoms with van der Waals surface area (Å²) in [6, 6.07) is 9.61. The quantitative estimate of drug-likeness (QED) is 0.817. The van der Waals surface area contributed by atoms with Crippen molar-refractivity contribution in [1.29, 1.82) is 0 Å². The van der Waals surface area contributed by atoms with Crippen molar-refractivity contribution in [2.75, 3.05) is 7.11 Å². The van der Waals surface area contributed by atoms with E-state index in [4.69, 9.17) is 9.57 Å². The van der Waals surface area contributed by atoms with Gasteiger partial charge < -0.3 is 9.57 Å². The molecule has 0 spiro atoms. The average molecular weight is 260 g/mol. The van der Waals surface area contributed by atoms with Crippen molar-refractivity contribution in [2.45, 2.75) is 6.92 Å². The molecule has 2 rings (SSSR count). The standard InChI is InChI=1S/C13H12N2O4/c1-9-8-11(16)15(14-12(9)18-2)19-13(17)10-6-4-3-5-7-10/h3-8H,1-2H3. The van der Waals surface area contributed by atoms with Gasteiger partial charge in [-0.25, -0.2) is 4.79 Å². The molecule has 6 heteroatoms. The van der Waals surface area contributed by atoms with Gasteiger partial charge in [-0.1, -0.05) is 23.3 Å². The largest absolute Gasteiger partial charge is 0.480 e. The van der Waals surface area contributed by atoms with Crippen LogP contribution in [0.5, 0.6) is 5.88 Å². The number of aromatic nitrogens is 2. The summed E-state index contributed by atoms with van der Waals surface area (Å²) in [6.07, 6.45) is 0. The molecule has 0 fully saturated rings. The van der Waals surface area contributed by atoms with Crippen molar-refractivity contribution in [3.8, 4) is 5.88 Å². The molecule has 0 radical (unpaired) electrons. The maximum absolute atomic E-state index is 11.8. The molecule has 0 aliphatic heterocycles. The smallest absolute Gasteiger partial charge is 0.365 e. The zero-order valence-electron chi connectivity index (χ0n) is 10.5. The van der Waals surface area contributed by atoms with Crippen molar-refractivity contribution in [1.82, 2.24) is 9.94 Å². The fourth-order valence-corrected chi connectivity index (χ4v) is 1.49. The number of hydrogen-bond donors (Lipinski definition) is 0. The van der Waals surface area contributed by atoms with Crippen LogP contribution in [0.4, 0.5) is 0 Å². The molecule has 0 saturated carbocycles. The van der Waals surface area contributed by atoms with Gasteiger partial charge in [0, 0.05) is 11.6 Å². The molecule has 1 aromatic heterocycles. The van der Waals surface area contributed by atoms with E-state index in [1.54, 1.807) is 37.3 Å². The van der Waals surface area contributed by atoms with Gasteiger partial charge in [-0.15, -0.1) is 0 Å². The topological polar surface area (TPSA) is 70.4 Å². The molecule has 19 heavy (non-hydrogen) atoms. The molecule has 0 unspecified atom stereocenters. The number of benzene rings is 1. The minimum atomic E-state index is -0.666. The first-order valence-corrected chi connectivity index (χ1v) is 5.54. The van der Waals surface area contributed by atoms with Crippen molar-refractivity contribution < 1.29 is 14.4 Å². The lowest BCUT2D eigenvalue weighted by Gasteiger charge is -2.07. The van der Waals surface area contributed by atoms with Gasteiger partial charge >= 0.3 is 11.5 Å². The first-order valence-electron chi connectivity index (χ1n) is 5.54. The van der Waals surface area contributed by atoms with Gasteiger partial charge in [0.05, 0.1) is 12.7 Å². The van der Waals surface area contributed by atoms with E-state index in [1.807, 2.05) is 0 Å². The van der Waals surface area contributed by atoms with Crippen LogP contribution >= 0.6 is 0 Å². The van der Waals surface area contributed by atoms with Gasteiger partial charge in [0.25, 0.3) is 0 Å². The summed E-state index contributed by atoms with van der Waals surface area (Å²) >= 11 is 0. The minimum absolute atomic E-state index is 0.223. The van der Waals surface area contributed by atoms with Crippen molar-refractivity contribution in [2.24, 2.45) is 0 Å². The van der Waals surface area contributed by atoms with E-state index in [0.717, 1.165) is 0 Å². The lowest BCUT2D eigenvalue weighted by Crippen LogP contribution is -2.33. The summed E-state index contributed by atoms with van der Waals surface area (Å²) in [7, 11) is 1.42. The second-order valence-electron chi connectivity index (χ2n) is 3.79. The minimum Gasteiger partial charge on any atom is -0.480 e. The summed E-state index contributed by atoms with van der Waals surface area (Å²) in [5, 5.41) is 3.79. The molecule has 0 atom stereocenters. The van der Waals surface area contributed by atoms with Crippen LogP contribution in [0.25, 0.3) is 0 Å². The van der Waals surface area contributed by atoms with E-state index >= 15 is 0 Å². The Morgan fingerprint density at radius 2 is 1.95 bits per heavy atom. The number of ether oxygens (including phenoxy) is 1. The van der Waals surface area contributed by atoms with Gasteiger partial charge in [0.15, 0.2) is 0 Å². The molecular formula is C13H12N2O4. The number of nitrogens with zero attached hydrogens (tertiary/aromatic N) is 2. The highest BCUT2D eigenvalue weighted by atomic mass is 16.7. The Morgan fingerprint density at radius 3 is 2.58 bits per heavy atom. The second kappa shape index (κ2) is 5.34. The number of carbonyl (C=O) groups is 1. The summed E-state index contributed by atoms with van der Waals surface area (Å²) in [5.74, 6) is -0.443. The van der Waals surface area contributed by atoms with E-state index in [-0.39, 0.29) is 5.88 Å². The lowest BCUT2D eigenvalue weighted by atomic mass is 10.2. The van der Waals surface area contributed by atoms with E-state index in [9.17, 15) is 9.59 Å². The van der Waals surface area contributed by atoms with Crippen molar-refractivity contribution >= 4 is 5.97 Å². The first kappa shape index (κ1) is 12.8. The Balaban J connectivity index is 2.29. The van der Waals surface area contributed by atoms with E-state index in [0.29, 0.717) is 16.0 Å². The lowest BCUT2D eigenvalue weighted by molar-refractivity contribution is 0.0353. The molecule has 0 N–H and O–H groups in total. The Morgan fingerprint density at radius 1 is 1.26 bits per heavy atom. The second-order valence-corrected chi connectivity index (χ2v) is 3.79.